The van der Waals surface area contributed by atoms with E-state index < -0.39 is 24.1 Å². The molecule has 2 unspecified atom stereocenters. The molecule has 0 aromatic carbocycles. The maximum Gasteiger partial charge on any atom is 0.355 e. The summed E-state index contributed by atoms with van der Waals surface area (Å²) in [5.74, 6) is -2.89. The summed E-state index contributed by atoms with van der Waals surface area (Å²) in [7, 11) is 0. The van der Waals surface area contributed by atoms with Gasteiger partial charge in [0, 0.05) is 5.38 Å². The number of aliphatic carboxylic acids is 1. The van der Waals surface area contributed by atoms with Crippen molar-refractivity contribution in [1.82, 2.24) is 4.98 Å². The van der Waals surface area contributed by atoms with E-state index >= 15 is 0 Å². The number of hydrogen-bond acceptors (Lipinski definition) is 6. The van der Waals surface area contributed by atoms with Crippen LogP contribution in [0.2, 0.25) is 0 Å². The SMILES string of the molecule is O=C(O)c1csc(C(O)C(O)C(=O)O)n1. The number of aromatic carboxylic acids is 1. The number of aliphatic hydroxyl groups is 2. The Morgan fingerprint density at radius 2 is 1.93 bits per heavy atom. The molecule has 1 aromatic rings. The lowest BCUT2D eigenvalue weighted by molar-refractivity contribution is -0.153. The molecule has 0 fully saturated rings. The fraction of sp³-hybridized carbons (Fsp3) is 0.286. The van der Waals surface area contributed by atoms with Gasteiger partial charge in [-0.2, -0.15) is 0 Å². The van der Waals surface area contributed by atoms with Gasteiger partial charge in [-0.1, -0.05) is 0 Å². The average molecular weight is 233 g/mol. The third-order valence-corrected chi connectivity index (χ3v) is 2.46. The van der Waals surface area contributed by atoms with Crippen molar-refractivity contribution in [2.75, 3.05) is 0 Å². The largest absolute Gasteiger partial charge is 0.479 e. The Kier molecular flexibility index (Phi) is 3.35. The van der Waals surface area contributed by atoms with Gasteiger partial charge in [0.05, 0.1) is 0 Å². The Hall–Kier alpha value is -1.51. The number of aliphatic hydroxyl groups excluding tert-OH is 2. The first kappa shape index (κ1) is 11.6. The summed E-state index contributed by atoms with van der Waals surface area (Å²) >= 11 is 0.766. The van der Waals surface area contributed by atoms with Gasteiger partial charge in [0.25, 0.3) is 0 Å². The Bertz CT molecular complexity index is 389. The van der Waals surface area contributed by atoms with Crippen molar-refractivity contribution in [3.05, 3.63) is 16.1 Å². The number of nitrogens with zero attached hydrogens (tertiary/aromatic N) is 1. The van der Waals surface area contributed by atoms with Gasteiger partial charge in [0.15, 0.2) is 11.8 Å². The summed E-state index contributed by atoms with van der Waals surface area (Å²) in [6.45, 7) is 0. The van der Waals surface area contributed by atoms with Crippen molar-refractivity contribution in [2.24, 2.45) is 0 Å². The third kappa shape index (κ3) is 2.49. The van der Waals surface area contributed by atoms with Gasteiger partial charge in [-0.3, -0.25) is 0 Å². The van der Waals surface area contributed by atoms with E-state index in [1.54, 1.807) is 0 Å². The predicted molar refractivity (Wildman–Crippen MR) is 47.7 cm³/mol. The molecule has 2 atom stereocenters. The zero-order valence-corrected chi connectivity index (χ0v) is 8.01. The Balaban J connectivity index is 2.87. The van der Waals surface area contributed by atoms with Crippen LogP contribution in [0.25, 0.3) is 0 Å². The zero-order valence-electron chi connectivity index (χ0n) is 7.19. The highest BCUT2D eigenvalue weighted by Crippen LogP contribution is 2.21. The van der Waals surface area contributed by atoms with E-state index in [0.717, 1.165) is 16.7 Å². The van der Waals surface area contributed by atoms with Crippen LogP contribution in [-0.2, 0) is 4.79 Å². The highest BCUT2D eigenvalue weighted by molar-refractivity contribution is 7.09. The number of rotatable bonds is 4. The number of carboxylic acids is 2. The lowest BCUT2D eigenvalue weighted by Crippen LogP contribution is -2.27. The van der Waals surface area contributed by atoms with Crippen molar-refractivity contribution >= 4 is 23.3 Å². The Morgan fingerprint density at radius 3 is 2.33 bits per heavy atom. The van der Waals surface area contributed by atoms with Crippen LogP contribution in [0.15, 0.2) is 5.38 Å². The fourth-order valence-electron chi connectivity index (χ4n) is 0.792. The molecule has 0 amide bonds. The van der Waals surface area contributed by atoms with Crippen molar-refractivity contribution in [1.29, 1.82) is 0 Å². The molecule has 1 heterocycles. The number of hydrogen-bond donors (Lipinski definition) is 4. The maximum absolute atomic E-state index is 10.4. The number of carboxylic acid groups (broad SMARTS) is 2. The van der Waals surface area contributed by atoms with Crippen molar-refractivity contribution in [2.45, 2.75) is 12.2 Å². The van der Waals surface area contributed by atoms with Crippen LogP contribution < -0.4 is 0 Å². The summed E-state index contributed by atoms with van der Waals surface area (Å²) in [6.07, 6.45) is -3.74. The highest BCUT2D eigenvalue weighted by Gasteiger charge is 2.28. The maximum atomic E-state index is 10.4. The Morgan fingerprint density at radius 1 is 1.33 bits per heavy atom. The standard InChI is InChI=1S/C7H7NO6S/c9-3(4(10)7(13)14)5-8-2(1-15-5)6(11)12/h1,3-4,9-10H,(H,11,12)(H,13,14). The van der Waals surface area contributed by atoms with E-state index in [1.165, 1.54) is 0 Å². The lowest BCUT2D eigenvalue weighted by Gasteiger charge is -2.10. The second-order valence-corrected chi connectivity index (χ2v) is 3.49. The molecule has 82 valence electrons. The summed E-state index contributed by atoms with van der Waals surface area (Å²) in [5.41, 5.74) is -0.299. The predicted octanol–water partition coefficient (Wildman–Crippen LogP) is -0.680. The van der Waals surface area contributed by atoms with E-state index in [2.05, 4.69) is 4.98 Å². The van der Waals surface area contributed by atoms with Crippen LogP contribution in [0.4, 0.5) is 0 Å². The fourth-order valence-corrected chi connectivity index (χ4v) is 1.60. The molecule has 0 saturated carbocycles. The summed E-state index contributed by atoms with van der Waals surface area (Å²) in [6, 6.07) is 0. The van der Waals surface area contributed by atoms with Crippen LogP contribution in [0.3, 0.4) is 0 Å². The first-order chi connectivity index (χ1) is 6.93. The van der Waals surface area contributed by atoms with Crippen LogP contribution in [0.5, 0.6) is 0 Å². The summed E-state index contributed by atoms with van der Waals surface area (Å²) in [4.78, 5) is 24.2. The number of aromatic nitrogens is 1. The van der Waals surface area contributed by atoms with E-state index in [9.17, 15) is 14.7 Å². The van der Waals surface area contributed by atoms with Gasteiger partial charge < -0.3 is 20.4 Å². The second kappa shape index (κ2) is 4.34. The van der Waals surface area contributed by atoms with Gasteiger partial charge in [0.1, 0.15) is 11.1 Å². The molecule has 0 saturated heterocycles. The van der Waals surface area contributed by atoms with Gasteiger partial charge in [-0.05, 0) is 0 Å². The molecule has 0 bridgehead atoms. The van der Waals surface area contributed by atoms with Crippen molar-refractivity contribution in [3.63, 3.8) is 0 Å². The summed E-state index contributed by atoms with van der Waals surface area (Å²) < 4.78 is 0. The molecule has 1 rings (SSSR count). The van der Waals surface area contributed by atoms with Crippen LogP contribution in [0, 0.1) is 0 Å². The smallest absolute Gasteiger partial charge is 0.355 e. The number of carbonyl (C=O) groups is 2. The molecular formula is C7H7NO6S. The minimum Gasteiger partial charge on any atom is -0.479 e. The van der Waals surface area contributed by atoms with Gasteiger partial charge in [-0.15, -0.1) is 11.3 Å². The second-order valence-electron chi connectivity index (χ2n) is 2.60. The van der Waals surface area contributed by atoms with E-state index in [-0.39, 0.29) is 10.7 Å². The highest BCUT2D eigenvalue weighted by atomic mass is 32.1. The van der Waals surface area contributed by atoms with Gasteiger partial charge in [0.2, 0.25) is 0 Å². The van der Waals surface area contributed by atoms with E-state index in [0.29, 0.717) is 0 Å². The minimum atomic E-state index is -2.02. The van der Waals surface area contributed by atoms with E-state index in [4.69, 9.17) is 15.3 Å². The molecule has 15 heavy (non-hydrogen) atoms. The molecule has 0 aliphatic heterocycles. The Labute approximate surface area is 87.3 Å². The van der Waals surface area contributed by atoms with Crippen LogP contribution in [0.1, 0.15) is 21.6 Å². The van der Waals surface area contributed by atoms with Gasteiger partial charge in [-0.25, -0.2) is 14.6 Å². The molecule has 0 spiro atoms. The molecular weight excluding hydrogens is 226 g/mol. The minimum absolute atomic E-state index is 0.151. The van der Waals surface area contributed by atoms with Crippen molar-refractivity contribution < 1.29 is 30.0 Å². The van der Waals surface area contributed by atoms with Crippen LogP contribution in [-0.4, -0.2) is 43.5 Å². The molecule has 0 radical (unpaired) electrons. The average Bonchev–Trinajstić information content (AvgIpc) is 2.64. The van der Waals surface area contributed by atoms with Gasteiger partial charge >= 0.3 is 11.9 Å². The third-order valence-electron chi connectivity index (χ3n) is 1.55. The first-order valence-corrected chi connectivity index (χ1v) is 4.59. The first-order valence-electron chi connectivity index (χ1n) is 3.71. The molecule has 1 aromatic heterocycles. The summed E-state index contributed by atoms with van der Waals surface area (Å²) in [5, 5.41) is 36.1. The molecule has 4 N–H and O–H groups in total. The van der Waals surface area contributed by atoms with Crippen LogP contribution >= 0.6 is 11.3 Å². The van der Waals surface area contributed by atoms with E-state index in [1.807, 2.05) is 0 Å². The monoisotopic (exact) mass is 233 g/mol. The molecule has 0 aliphatic carbocycles. The molecule has 7 nitrogen and oxygen atoms in total. The quantitative estimate of drug-likeness (QED) is 0.542. The topological polar surface area (TPSA) is 128 Å². The molecule has 0 aliphatic rings. The zero-order chi connectivity index (χ0) is 11.6. The normalized spacial score (nSPS) is 14.5. The number of thiazole rings is 1. The molecule has 8 heteroatoms. The lowest BCUT2D eigenvalue weighted by atomic mass is 10.2. The van der Waals surface area contributed by atoms with Crippen molar-refractivity contribution in [3.8, 4) is 0 Å².